The Morgan fingerprint density at radius 2 is 2.14 bits per heavy atom. The molecule has 0 unspecified atom stereocenters. The number of ether oxygens (including phenoxy) is 1. The standard InChI is InChI=1S/C16H14N2O3S/c1-2-21-10-7-8-12-14(9-10)22-16(17-12)18-15(20)11-5-3-4-6-13(11)19/h3-9,19H,2H2,1H3,(H,17,18,20). The van der Waals surface area contributed by atoms with Crippen molar-refractivity contribution in [2.45, 2.75) is 6.92 Å². The van der Waals surface area contributed by atoms with Gasteiger partial charge in [-0.2, -0.15) is 0 Å². The molecule has 0 saturated heterocycles. The van der Waals surface area contributed by atoms with Crippen LogP contribution in [0.3, 0.4) is 0 Å². The number of para-hydroxylation sites is 1. The molecule has 0 atom stereocenters. The molecule has 0 aliphatic rings. The van der Waals surface area contributed by atoms with Crippen molar-refractivity contribution in [1.29, 1.82) is 0 Å². The van der Waals surface area contributed by atoms with Gasteiger partial charge in [0.1, 0.15) is 11.5 Å². The number of aromatic nitrogens is 1. The van der Waals surface area contributed by atoms with Crippen LogP contribution in [0.5, 0.6) is 11.5 Å². The Morgan fingerprint density at radius 1 is 1.32 bits per heavy atom. The van der Waals surface area contributed by atoms with Gasteiger partial charge in [0.15, 0.2) is 5.13 Å². The number of amides is 1. The lowest BCUT2D eigenvalue weighted by atomic mass is 10.2. The van der Waals surface area contributed by atoms with Gasteiger partial charge in [-0.15, -0.1) is 0 Å². The zero-order chi connectivity index (χ0) is 15.5. The van der Waals surface area contributed by atoms with Gasteiger partial charge in [-0.1, -0.05) is 23.5 Å². The Hall–Kier alpha value is -2.60. The van der Waals surface area contributed by atoms with E-state index in [-0.39, 0.29) is 17.2 Å². The minimum Gasteiger partial charge on any atom is -0.507 e. The number of fused-ring (bicyclic) bond motifs is 1. The van der Waals surface area contributed by atoms with E-state index < -0.39 is 0 Å². The van der Waals surface area contributed by atoms with Gasteiger partial charge in [-0.25, -0.2) is 4.98 Å². The number of carbonyl (C=O) groups excluding carboxylic acids is 1. The van der Waals surface area contributed by atoms with E-state index in [9.17, 15) is 9.90 Å². The summed E-state index contributed by atoms with van der Waals surface area (Å²) in [5.41, 5.74) is 1.01. The monoisotopic (exact) mass is 314 g/mol. The van der Waals surface area contributed by atoms with Gasteiger partial charge in [0.25, 0.3) is 5.91 Å². The van der Waals surface area contributed by atoms with Crippen LogP contribution in [0.25, 0.3) is 10.2 Å². The Labute approximate surface area is 131 Å². The topological polar surface area (TPSA) is 71.5 Å². The molecule has 0 aliphatic heterocycles. The summed E-state index contributed by atoms with van der Waals surface area (Å²) in [4.78, 5) is 16.5. The summed E-state index contributed by atoms with van der Waals surface area (Å²) in [6, 6.07) is 12.0. The fraction of sp³-hybridized carbons (Fsp3) is 0.125. The molecule has 2 N–H and O–H groups in total. The summed E-state index contributed by atoms with van der Waals surface area (Å²) in [5.74, 6) is 0.333. The van der Waals surface area contributed by atoms with Crippen molar-refractivity contribution >= 4 is 32.6 Å². The van der Waals surface area contributed by atoms with Crippen LogP contribution in [0.4, 0.5) is 5.13 Å². The van der Waals surface area contributed by atoms with Crippen LogP contribution in [0.2, 0.25) is 0 Å². The summed E-state index contributed by atoms with van der Waals surface area (Å²) < 4.78 is 6.38. The maximum atomic E-state index is 12.2. The number of rotatable bonds is 4. The van der Waals surface area contributed by atoms with Crippen molar-refractivity contribution in [2.75, 3.05) is 11.9 Å². The molecule has 3 rings (SSSR count). The molecule has 2 aromatic carbocycles. The molecule has 22 heavy (non-hydrogen) atoms. The van der Waals surface area contributed by atoms with Crippen LogP contribution in [-0.4, -0.2) is 22.6 Å². The van der Waals surface area contributed by atoms with Gasteiger partial charge in [0.2, 0.25) is 0 Å². The number of thiazole rings is 1. The lowest BCUT2D eigenvalue weighted by molar-refractivity contribution is 0.102. The molecule has 0 radical (unpaired) electrons. The number of hydrogen-bond acceptors (Lipinski definition) is 5. The molecule has 0 aliphatic carbocycles. The van der Waals surface area contributed by atoms with E-state index in [0.717, 1.165) is 16.0 Å². The molecule has 1 aromatic heterocycles. The zero-order valence-corrected chi connectivity index (χ0v) is 12.7. The number of anilines is 1. The van der Waals surface area contributed by atoms with E-state index in [1.807, 2.05) is 25.1 Å². The highest BCUT2D eigenvalue weighted by molar-refractivity contribution is 7.22. The number of benzene rings is 2. The second-order valence-electron chi connectivity index (χ2n) is 4.55. The number of hydrogen-bond donors (Lipinski definition) is 2. The molecule has 0 saturated carbocycles. The van der Waals surface area contributed by atoms with E-state index in [4.69, 9.17) is 4.74 Å². The van der Waals surface area contributed by atoms with Gasteiger partial charge in [-0.05, 0) is 37.3 Å². The summed E-state index contributed by atoms with van der Waals surface area (Å²) in [6.45, 7) is 2.52. The number of carbonyl (C=O) groups is 1. The summed E-state index contributed by atoms with van der Waals surface area (Å²) in [6.07, 6.45) is 0. The summed E-state index contributed by atoms with van der Waals surface area (Å²) >= 11 is 1.36. The van der Waals surface area contributed by atoms with Gasteiger partial charge in [0, 0.05) is 0 Å². The van der Waals surface area contributed by atoms with Crippen molar-refractivity contribution in [2.24, 2.45) is 0 Å². The Morgan fingerprint density at radius 3 is 2.91 bits per heavy atom. The first-order valence-corrected chi connectivity index (χ1v) is 7.61. The van der Waals surface area contributed by atoms with Crippen LogP contribution >= 0.6 is 11.3 Å². The molecule has 1 heterocycles. The Bertz CT molecular complexity index is 829. The fourth-order valence-electron chi connectivity index (χ4n) is 2.04. The number of aromatic hydroxyl groups is 1. The van der Waals surface area contributed by atoms with Crippen LogP contribution in [0.1, 0.15) is 17.3 Å². The molecule has 6 heteroatoms. The molecule has 1 amide bonds. The van der Waals surface area contributed by atoms with E-state index in [1.54, 1.807) is 18.2 Å². The highest BCUT2D eigenvalue weighted by Gasteiger charge is 2.13. The predicted molar refractivity (Wildman–Crippen MR) is 86.8 cm³/mol. The van der Waals surface area contributed by atoms with Crippen molar-refractivity contribution in [1.82, 2.24) is 4.98 Å². The minimum atomic E-state index is -0.387. The third-order valence-corrected chi connectivity index (χ3v) is 3.97. The fourth-order valence-corrected chi connectivity index (χ4v) is 2.93. The lowest BCUT2D eigenvalue weighted by Gasteiger charge is -2.03. The number of nitrogens with zero attached hydrogens (tertiary/aromatic N) is 1. The number of phenolic OH excluding ortho intramolecular Hbond substituents is 1. The molecule has 0 spiro atoms. The maximum absolute atomic E-state index is 12.2. The second kappa shape index (κ2) is 6.03. The molecule has 112 valence electrons. The molecule has 5 nitrogen and oxygen atoms in total. The first-order valence-electron chi connectivity index (χ1n) is 6.80. The van der Waals surface area contributed by atoms with Gasteiger partial charge in [-0.3, -0.25) is 10.1 Å². The second-order valence-corrected chi connectivity index (χ2v) is 5.58. The van der Waals surface area contributed by atoms with Gasteiger partial charge < -0.3 is 9.84 Å². The third-order valence-electron chi connectivity index (χ3n) is 3.04. The van der Waals surface area contributed by atoms with Gasteiger partial charge >= 0.3 is 0 Å². The smallest absolute Gasteiger partial charge is 0.261 e. The third kappa shape index (κ3) is 2.87. The Balaban J connectivity index is 1.85. The minimum absolute atomic E-state index is 0.0558. The van der Waals surface area contributed by atoms with E-state index in [2.05, 4.69) is 10.3 Å². The average Bonchev–Trinajstić information content (AvgIpc) is 2.89. The van der Waals surface area contributed by atoms with Gasteiger partial charge in [0.05, 0.1) is 22.4 Å². The predicted octanol–water partition coefficient (Wildman–Crippen LogP) is 3.65. The number of nitrogens with one attached hydrogen (secondary N) is 1. The van der Waals surface area contributed by atoms with Crippen LogP contribution < -0.4 is 10.1 Å². The summed E-state index contributed by atoms with van der Waals surface area (Å²) in [5, 5.41) is 12.9. The quantitative estimate of drug-likeness (QED) is 0.771. The van der Waals surface area contributed by atoms with Crippen molar-refractivity contribution in [3.63, 3.8) is 0 Å². The normalized spacial score (nSPS) is 10.6. The van der Waals surface area contributed by atoms with Crippen LogP contribution in [-0.2, 0) is 0 Å². The molecule has 0 bridgehead atoms. The zero-order valence-electron chi connectivity index (χ0n) is 11.9. The Kier molecular flexibility index (Phi) is 3.93. The molecule has 0 fully saturated rings. The largest absolute Gasteiger partial charge is 0.507 e. The molecular weight excluding hydrogens is 300 g/mol. The molecule has 3 aromatic rings. The van der Waals surface area contributed by atoms with Crippen molar-refractivity contribution in [3.05, 3.63) is 48.0 Å². The first kappa shape index (κ1) is 14.3. The SMILES string of the molecule is CCOc1ccc2nc(NC(=O)c3ccccc3O)sc2c1. The summed E-state index contributed by atoms with van der Waals surface area (Å²) in [7, 11) is 0. The maximum Gasteiger partial charge on any atom is 0.261 e. The lowest BCUT2D eigenvalue weighted by Crippen LogP contribution is -2.11. The first-order chi connectivity index (χ1) is 10.7. The highest BCUT2D eigenvalue weighted by atomic mass is 32.1. The molecular formula is C16H14N2O3S. The highest BCUT2D eigenvalue weighted by Crippen LogP contribution is 2.30. The van der Waals surface area contributed by atoms with E-state index >= 15 is 0 Å². The van der Waals surface area contributed by atoms with Crippen molar-refractivity contribution in [3.8, 4) is 11.5 Å². The van der Waals surface area contributed by atoms with Crippen LogP contribution in [0, 0.1) is 0 Å². The van der Waals surface area contributed by atoms with Crippen LogP contribution in [0.15, 0.2) is 42.5 Å². The van der Waals surface area contributed by atoms with E-state index in [0.29, 0.717) is 11.7 Å². The van der Waals surface area contributed by atoms with Crippen molar-refractivity contribution < 1.29 is 14.6 Å². The average molecular weight is 314 g/mol. The van der Waals surface area contributed by atoms with E-state index in [1.165, 1.54) is 17.4 Å². The number of phenols is 1.